The van der Waals surface area contributed by atoms with Crippen LogP contribution in [0.4, 0.5) is 0 Å². The van der Waals surface area contributed by atoms with Crippen LogP contribution < -0.4 is 16.0 Å². The van der Waals surface area contributed by atoms with Crippen molar-refractivity contribution in [3.8, 4) is 0 Å². The Morgan fingerprint density at radius 3 is 2.52 bits per heavy atom. The number of rotatable bonds is 8. The lowest BCUT2D eigenvalue weighted by atomic mass is 9.85. The lowest BCUT2D eigenvalue weighted by Gasteiger charge is -2.24. The average Bonchev–Trinajstić information content (AvgIpc) is 2.81. The van der Waals surface area contributed by atoms with Gasteiger partial charge in [-0.05, 0) is 40.0 Å². The van der Waals surface area contributed by atoms with Crippen molar-refractivity contribution < 1.29 is 9.21 Å². The van der Waals surface area contributed by atoms with Gasteiger partial charge in [-0.15, -0.1) is 24.0 Å². The summed E-state index contributed by atoms with van der Waals surface area (Å²) in [4.78, 5) is 20.5. The molecule has 0 aromatic carbocycles. The number of oxazole rings is 1. The molecule has 8 heteroatoms. The van der Waals surface area contributed by atoms with Crippen molar-refractivity contribution in [1.29, 1.82) is 0 Å². The molecular weight excluding hydrogens is 433 g/mol. The van der Waals surface area contributed by atoms with Crippen LogP contribution >= 0.6 is 24.0 Å². The third-order valence-electron chi connectivity index (χ3n) is 4.21. The van der Waals surface area contributed by atoms with E-state index in [1.807, 2.05) is 20.8 Å². The smallest absolute Gasteiger partial charge is 0.223 e. The maximum atomic E-state index is 11.7. The van der Waals surface area contributed by atoms with Gasteiger partial charge in [0.1, 0.15) is 12.3 Å². The highest BCUT2D eigenvalue weighted by Gasteiger charge is 2.24. The third-order valence-corrected chi connectivity index (χ3v) is 4.21. The number of aryl methyl sites for hydroxylation is 2. The van der Waals surface area contributed by atoms with Crippen LogP contribution in [0.2, 0.25) is 0 Å². The van der Waals surface area contributed by atoms with Crippen LogP contribution in [0.3, 0.4) is 0 Å². The number of hydrogen-bond donors (Lipinski definition) is 3. The quantitative estimate of drug-likeness (QED) is 0.238. The largest absolute Gasteiger partial charge is 0.444 e. The molecule has 142 valence electrons. The van der Waals surface area contributed by atoms with Crippen molar-refractivity contribution in [2.45, 2.75) is 53.0 Å². The van der Waals surface area contributed by atoms with Crippen LogP contribution in [0.15, 0.2) is 9.41 Å². The van der Waals surface area contributed by atoms with Crippen LogP contribution in [-0.4, -0.2) is 36.5 Å². The second kappa shape index (κ2) is 11.3. The molecule has 1 aromatic heterocycles. The second-order valence-corrected chi connectivity index (χ2v) is 6.14. The number of aromatic nitrogens is 1. The molecule has 25 heavy (non-hydrogen) atoms. The summed E-state index contributed by atoms with van der Waals surface area (Å²) in [6.07, 6.45) is 4.13. The van der Waals surface area contributed by atoms with Gasteiger partial charge in [0.05, 0.1) is 5.69 Å². The minimum Gasteiger partial charge on any atom is -0.444 e. The van der Waals surface area contributed by atoms with Crippen LogP contribution in [0.5, 0.6) is 0 Å². The number of aliphatic imine (C=N–C) groups is 1. The number of amides is 1. The van der Waals surface area contributed by atoms with Crippen LogP contribution in [0, 0.1) is 19.8 Å². The van der Waals surface area contributed by atoms with E-state index in [4.69, 9.17) is 4.42 Å². The van der Waals surface area contributed by atoms with E-state index in [-0.39, 0.29) is 35.8 Å². The average molecular weight is 463 g/mol. The van der Waals surface area contributed by atoms with Gasteiger partial charge in [-0.2, -0.15) is 0 Å². The lowest BCUT2D eigenvalue weighted by Crippen LogP contribution is -2.39. The number of halogens is 1. The monoisotopic (exact) mass is 463 g/mol. The number of carbonyl (C=O) groups excluding carboxylic acids is 1. The fraction of sp³-hybridized carbons (Fsp3) is 0.706. The second-order valence-electron chi connectivity index (χ2n) is 6.14. The molecule has 2 rings (SSSR count). The molecular formula is C17H30IN5O2. The van der Waals surface area contributed by atoms with Gasteiger partial charge in [0.2, 0.25) is 11.8 Å². The molecule has 0 saturated heterocycles. The van der Waals surface area contributed by atoms with Gasteiger partial charge in [-0.25, -0.2) is 9.98 Å². The fourth-order valence-electron chi connectivity index (χ4n) is 2.42. The molecule has 3 N–H and O–H groups in total. The summed E-state index contributed by atoms with van der Waals surface area (Å²) in [6.45, 7) is 8.48. The Labute approximate surface area is 166 Å². The Morgan fingerprint density at radius 2 is 1.96 bits per heavy atom. The number of nitrogens with zero attached hydrogens (tertiary/aromatic N) is 2. The lowest BCUT2D eigenvalue weighted by molar-refractivity contribution is -0.127. The van der Waals surface area contributed by atoms with Gasteiger partial charge >= 0.3 is 0 Å². The van der Waals surface area contributed by atoms with Crippen molar-refractivity contribution in [3.63, 3.8) is 0 Å². The van der Waals surface area contributed by atoms with Gasteiger partial charge in [-0.3, -0.25) is 4.79 Å². The van der Waals surface area contributed by atoms with E-state index in [2.05, 4.69) is 25.9 Å². The summed E-state index contributed by atoms with van der Waals surface area (Å²) in [5.41, 5.74) is 0.903. The molecule has 0 aliphatic heterocycles. The Bertz CT molecular complexity index is 550. The van der Waals surface area contributed by atoms with Gasteiger partial charge < -0.3 is 20.4 Å². The molecule has 1 aromatic rings. The van der Waals surface area contributed by atoms with Crippen molar-refractivity contribution in [3.05, 3.63) is 17.3 Å². The summed E-state index contributed by atoms with van der Waals surface area (Å²) in [7, 11) is 0. The first kappa shape index (κ1) is 21.7. The topological polar surface area (TPSA) is 91.6 Å². The summed E-state index contributed by atoms with van der Waals surface area (Å²) < 4.78 is 5.53. The summed E-state index contributed by atoms with van der Waals surface area (Å²) in [5, 5.41) is 9.45. The Morgan fingerprint density at radius 1 is 1.24 bits per heavy atom. The molecule has 1 fully saturated rings. The zero-order valence-electron chi connectivity index (χ0n) is 15.4. The Balaban J connectivity index is 0.00000312. The van der Waals surface area contributed by atoms with E-state index >= 15 is 0 Å². The number of guanidine groups is 1. The molecule has 7 nitrogen and oxygen atoms in total. The highest BCUT2D eigenvalue weighted by molar-refractivity contribution is 14.0. The Kier molecular flexibility index (Phi) is 9.84. The van der Waals surface area contributed by atoms with Crippen molar-refractivity contribution in [2.24, 2.45) is 10.9 Å². The number of carbonyl (C=O) groups is 1. The van der Waals surface area contributed by atoms with E-state index in [9.17, 15) is 4.79 Å². The molecule has 0 atom stereocenters. The molecule has 1 aliphatic rings. The van der Waals surface area contributed by atoms with Gasteiger partial charge in [-0.1, -0.05) is 6.42 Å². The summed E-state index contributed by atoms with van der Waals surface area (Å²) in [5.74, 6) is 2.65. The predicted octanol–water partition coefficient (Wildman–Crippen LogP) is 2.27. The van der Waals surface area contributed by atoms with E-state index in [0.717, 1.165) is 49.8 Å². The molecule has 0 unspecified atom stereocenters. The van der Waals surface area contributed by atoms with Crippen molar-refractivity contribution in [2.75, 3.05) is 19.6 Å². The van der Waals surface area contributed by atoms with Crippen LogP contribution in [-0.2, 0) is 11.3 Å². The zero-order valence-corrected chi connectivity index (χ0v) is 17.7. The molecule has 1 heterocycles. The van der Waals surface area contributed by atoms with E-state index in [1.54, 1.807) is 0 Å². The van der Waals surface area contributed by atoms with Crippen LogP contribution in [0.25, 0.3) is 0 Å². The summed E-state index contributed by atoms with van der Waals surface area (Å²) in [6, 6.07) is 0. The normalized spacial score (nSPS) is 14.4. The van der Waals surface area contributed by atoms with E-state index < -0.39 is 0 Å². The first-order valence-electron chi connectivity index (χ1n) is 8.83. The van der Waals surface area contributed by atoms with E-state index in [0.29, 0.717) is 19.0 Å². The molecule has 1 saturated carbocycles. The van der Waals surface area contributed by atoms with Gasteiger partial charge in [0, 0.05) is 25.6 Å². The number of hydrogen-bond acceptors (Lipinski definition) is 4. The maximum Gasteiger partial charge on any atom is 0.223 e. The molecule has 0 spiro atoms. The first-order chi connectivity index (χ1) is 11.6. The van der Waals surface area contributed by atoms with Crippen LogP contribution in [0.1, 0.15) is 50.0 Å². The molecule has 1 amide bonds. The minimum atomic E-state index is 0. The highest BCUT2D eigenvalue weighted by Crippen LogP contribution is 2.25. The maximum absolute atomic E-state index is 11.7. The molecule has 1 aliphatic carbocycles. The van der Waals surface area contributed by atoms with Crippen molar-refractivity contribution in [1.82, 2.24) is 20.9 Å². The SMILES string of the molecule is CCNC(=NCc1nc(C)c(C)o1)NCCCNC(=O)C1CCC1.I. The van der Waals surface area contributed by atoms with Gasteiger partial charge in [0.15, 0.2) is 5.96 Å². The predicted molar refractivity (Wildman–Crippen MR) is 109 cm³/mol. The fourth-order valence-corrected chi connectivity index (χ4v) is 2.42. The standard InChI is InChI=1S/C17H29N5O2.HI/c1-4-18-17(21-11-15-22-12(2)13(3)24-15)20-10-6-9-19-16(23)14-7-5-8-14;/h14H,4-11H2,1-3H3,(H,19,23)(H2,18,20,21);1H. The van der Waals surface area contributed by atoms with Gasteiger partial charge in [0.25, 0.3) is 0 Å². The van der Waals surface area contributed by atoms with Crippen molar-refractivity contribution >= 4 is 35.8 Å². The molecule has 0 bridgehead atoms. The minimum absolute atomic E-state index is 0. The van der Waals surface area contributed by atoms with E-state index in [1.165, 1.54) is 6.42 Å². The highest BCUT2D eigenvalue weighted by atomic mass is 127. The molecule has 0 radical (unpaired) electrons. The zero-order chi connectivity index (χ0) is 17.4. The first-order valence-corrected chi connectivity index (χ1v) is 8.83. The number of nitrogens with one attached hydrogen (secondary N) is 3. The Hall–Kier alpha value is -1.32. The summed E-state index contributed by atoms with van der Waals surface area (Å²) >= 11 is 0. The third kappa shape index (κ3) is 7.21.